The molecular weight excluding hydrogens is 270 g/mol. The van der Waals surface area contributed by atoms with Crippen LogP contribution in [0.25, 0.3) is 0 Å². The van der Waals surface area contributed by atoms with Crippen LogP contribution in [0.4, 0.5) is 0 Å². The Morgan fingerprint density at radius 3 is 2.70 bits per heavy atom. The Bertz CT molecular complexity index is 449. The average molecular weight is 292 g/mol. The van der Waals surface area contributed by atoms with Crippen molar-refractivity contribution >= 4 is 11.6 Å². The van der Waals surface area contributed by atoms with Crippen LogP contribution in [0.15, 0.2) is 24.3 Å². The fourth-order valence-electron chi connectivity index (χ4n) is 2.65. The molecule has 1 aromatic carbocycles. The molecule has 4 heteroatoms. The summed E-state index contributed by atoms with van der Waals surface area (Å²) in [6.07, 6.45) is 4.98. The Balaban J connectivity index is 1.69. The van der Waals surface area contributed by atoms with Gasteiger partial charge in [-0.2, -0.15) is 5.26 Å². The molecular formula is C16H22ClN3. The second kappa shape index (κ2) is 8.26. The van der Waals surface area contributed by atoms with E-state index in [9.17, 15) is 5.26 Å². The number of nitrogens with zero attached hydrogens (tertiary/aromatic N) is 2. The number of benzene rings is 1. The topological polar surface area (TPSA) is 39.1 Å². The third-order valence-electron chi connectivity index (χ3n) is 3.79. The minimum Gasteiger partial charge on any atom is -0.303 e. The standard InChI is InChI=1S/C16H22ClN3/c17-15-8-2-1-7-14(15)16(13-18)19-9-3-4-10-20-11-5-6-12-20/h1-2,7-8,16,19H,3-6,9-12H2. The van der Waals surface area contributed by atoms with Gasteiger partial charge in [-0.15, -0.1) is 0 Å². The summed E-state index contributed by atoms with van der Waals surface area (Å²) in [5.74, 6) is 0. The average Bonchev–Trinajstić information content (AvgIpc) is 2.97. The van der Waals surface area contributed by atoms with Crippen LogP contribution in [0.2, 0.25) is 5.02 Å². The normalized spacial score (nSPS) is 17.0. The van der Waals surface area contributed by atoms with Crippen LogP contribution in [0.3, 0.4) is 0 Å². The summed E-state index contributed by atoms with van der Waals surface area (Å²) in [6.45, 7) is 4.56. The molecule has 0 amide bonds. The van der Waals surface area contributed by atoms with Gasteiger partial charge in [0.1, 0.15) is 6.04 Å². The molecule has 1 aliphatic heterocycles. The monoisotopic (exact) mass is 291 g/mol. The second-order valence-corrected chi connectivity index (χ2v) is 5.70. The lowest BCUT2D eigenvalue weighted by Crippen LogP contribution is -2.24. The molecule has 0 bridgehead atoms. The molecule has 1 unspecified atom stereocenters. The smallest absolute Gasteiger partial charge is 0.122 e. The number of nitriles is 1. The molecule has 1 atom stereocenters. The summed E-state index contributed by atoms with van der Waals surface area (Å²) in [5, 5.41) is 13.2. The van der Waals surface area contributed by atoms with E-state index in [1.807, 2.05) is 24.3 Å². The SMILES string of the molecule is N#CC(NCCCCN1CCCC1)c1ccccc1Cl. The van der Waals surface area contributed by atoms with E-state index < -0.39 is 0 Å². The highest BCUT2D eigenvalue weighted by atomic mass is 35.5. The Morgan fingerprint density at radius 1 is 1.25 bits per heavy atom. The zero-order valence-corrected chi connectivity index (χ0v) is 12.6. The van der Waals surface area contributed by atoms with Crippen LogP contribution in [0.5, 0.6) is 0 Å². The summed E-state index contributed by atoms with van der Waals surface area (Å²) in [6, 6.07) is 9.52. The molecule has 2 rings (SSSR count). The number of rotatable bonds is 7. The molecule has 0 aromatic heterocycles. The van der Waals surface area contributed by atoms with Crippen molar-refractivity contribution in [3.05, 3.63) is 34.9 Å². The van der Waals surface area contributed by atoms with Gasteiger partial charge in [-0.3, -0.25) is 5.32 Å². The van der Waals surface area contributed by atoms with Crippen LogP contribution in [-0.4, -0.2) is 31.1 Å². The quantitative estimate of drug-likeness (QED) is 0.783. The lowest BCUT2D eigenvalue weighted by Gasteiger charge is -2.15. The first-order valence-electron chi connectivity index (χ1n) is 7.41. The van der Waals surface area contributed by atoms with Gasteiger partial charge in [-0.25, -0.2) is 0 Å². The highest BCUT2D eigenvalue weighted by molar-refractivity contribution is 6.31. The number of likely N-dealkylation sites (tertiary alicyclic amines) is 1. The van der Waals surface area contributed by atoms with Crippen molar-refractivity contribution in [3.63, 3.8) is 0 Å². The van der Waals surface area contributed by atoms with Crippen molar-refractivity contribution in [1.82, 2.24) is 10.2 Å². The van der Waals surface area contributed by atoms with E-state index in [4.69, 9.17) is 11.6 Å². The van der Waals surface area contributed by atoms with Gasteiger partial charge in [0.05, 0.1) is 6.07 Å². The third-order valence-corrected chi connectivity index (χ3v) is 4.14. The van der Waals surface area contributed by atoms with Gasteiger partial charge >= 0.3 is 0 Å². The van der Waals surface area contributed by atoms with Crippen LogP contribution in [0.1, 0.15) is 37.3 Å². The maximum Gasteiger partial charge on any atom is 0.122 e. The predicted octanol–water partition coefficient (Wildman–Crippen LogP) is 3.37. The molecule has 20 heavy (non-hydrogen) atoms. The van der Waals surface area contributed by atoms with Crippen molar-refractivity contribution in [2.45, 2.75) is 31.7 Å². The van der Waals surface area contributed by atoms with E-state index in [2.05, 4.69) is 16.3 Å². The molecule has 1 N–H and O–H groups in total. The zero-order valence-electron chi connectivity index (χ0n) is 11.8. The molecule has 1 aliphatic rings. The van der Waals surface area contributed by atoms with Crippen LogP contribution in [0, 0.1) is 11.3 Å². The van der Waals surface area contributed by atoms with E-state index in [1.165, 1.54) is 38.9 Å². The van der Waals surface area contributed by atoms with Crippen LogP contribution in [-0.2, 0) is 0 Å². The first-order valence-corrected chi connectivity index (χ1v) is 7.79. The van der Waals surface area contributed by atoms with E-state index >= 15 is 0 Å². The fraction of sp³-hybridized carbons (Fsp3) is 0.562. The predicted molar refractivity (Wildman–Crippen MR) is 82.7 cm³/mol. The Morgan fingerprint density at radius 2 is 2.00 bits per heavy atom. The largest absolute Gasteiger partial charge is 0.303 e. The van der Waals surface area contributed by atoms with Gasteiger partial charge in [0, 0.05) is 10.6 Å². The fourth-order valence-corrected chi connectivity index (χ4v) is 2.89. The molecule has 108 valence electrons. The summed E-state index contributed by atoms with van der Waals surface area (Å²) in [4.78, 5) is 2.52. The van der Waals surface area contributed by atoms with Crippen molar-refractivity contribution in [1.29, 1.82) is 5.26 Å². The molecule has 0 saturated carbocycles. The summed E-state index contributed by atoms with van der Waals surface area (Å²) >= 11 is 6.13. The third kappa shape index (κ3) is 4.49. The molecule has 0 radical (unpaired) electrons. The number of hydrogen-bond donors (Lipinski definition) is 1. The van der Waals surface area contributed by atoms with Crippen LogP contribution < -0.4 is 5.32 Å². The van der Waals surface area contributed by atoms with Gasteiger partial charge in [-0.05, 0) is 57.9 Å². The van der Waals surface area contributed by atoms with Gasteiger partial charge in [0.2, 0.25) is 0 Å². The summed E-state index contributed by atoms with van der Waals surface area (Å²) in [5.41, 5.74) is 0.871. The number of unbranched alkanes of at least 4 members (excludes halogenated alkanes) is 1. The van der Waals surface area contributed by atoms with Crippen LogP contribution >= 0.6 is 11.6 Å². The highest BCUT2D eigenvalue weighted by Gasteiger charge is 2.13. The van der Waals surface area contributed by atoms with E-state index in [1.54, 1.807) is 0 Å². The Kier molecular flexibility index (Phi) is 6.32. The van der Waals surface area contributed by atoms with Crippen molar-refractivity contribution in [3.8, 4) is 6.07 Å². The van der Waals surface area contributed by atoms with Gasteiger partial charge in [0.15, 0.2) is 0 Å². The lowest BCUT2D eigenvalue weighted by atomic mass is 10.1. The number of nitrogens with one attached hydrogen (secondary N) is 1. The zero-order chi connectivity index (χ0) is 14.2. The number of hydrogen-bond acceptors (Lipinski definition) is 3. The molecule has 3 nitrogen and oxygen atoms in total. The lowest BCUT2D eigenvalue weighted by molar-refractivity contribution is 0.328. The Hall–Kier alpha value is -1.08. The number of halogens is 1. The highest BCUT2D eigenvalue weighted by Crippen LogP contribution is 2.22. The minimum atomic E-state index is -0.310. The van der Waals surface area contributed by atoms with Crippen molar-refractivity contribution in [2.24, 2.45) is 0 Å². The van der Waals surface area contributed by atoms with E-state index in [-0.39, 0.29) is 6.04 Å². The summed E-state index contributed by atoms with van der Waals surface area (Å²) in [7, 11) is 0. The molecule has 0 aliphatic carbocycles. The molecule has 1 fully saturated rings. The first-order chi connectivity index (χ1) is 9.81. The van der Waals surface area contributed by atoms with Gasteiger partial charge < -0.3 is 4.90 Å². The molecule has 0 spiro atoms. The maximum absolute atomic E-state index is 9.25. The van der Waals surface area contributed by atoms with Crippen molar-refractivity contribution < 1.29 is 0 Å². The first kappa shape index (κ1) is 15.3. The Labute approximate surface area is 126 Å². The second-order valence-electron chi connectivity index (χ2n) is 5.29. The molecule has 1 saturated heterocycles. The van der Waals surface area contributed by atoms with E-state index in [0.29, 0.717) is 5.02 Å². The van der Waals surface area contributed by atoms with Gasteiger partial charge in [-0.1, -0.05) is 29.8 Å². The summed E-state index contributed by atoms with van der Waals surface area (Å²) < 4.78 is 0. The van der Waals surface area contributed by atoms with Crippen molar-refractivity contribution in [2.75, 3.05) is 26.2 Å². The molecule has 1 aromatic rings. The molecule has 1 heterocycles. The minimum absolute atomic E-state index is 0.310. The van der Waals surface area contributed by atoms with Gasteiger partial charge in [0.25, 0.3) is 0 Å². The van der Waals surface area contributed by atoms with E-state index in [0.717, 1.165) is 18.5 Å². The maximum atomic E-state index is 9.25.